The van der Waals surface area contributed by atoms with Crippen LogP contribution in [0.5, 0.6) is 0 Å². The summed E-state index contributed by atoms with van der Waals surface area (Å²) in [5.74, 6) is 0. The normalized spacial score (nSPS) is 11.1. The second-order valence-corrected chi connectivity index (χ2v) is 9.23. The number of thiophene rings is 2. The molecule has 0 aliphatic heterocycles. The summed E-state index contributed by atoms with van der Waals surface area (Å²) in [7, 11) is 0. The average molecular weight is 385 g/mol. The molecule has 0 bridgehead atoms. The Morgan fingerprint density at radius 3 is 2.05 bits per heavy atom. The van der Waals surface area contributed by atoms with Gasteiger partial charge in [0, 0.05) is 14.6 Å². The Morgan fingerprint density at radius 1 is 0.762 bits per heavy atom. The molecule has 2 rings (SSSR count). The first-order chi connectivity index (χ1) is 10.3. The zero-order valence-electron chi connectivity index (χ0n) is 12.9. The lowest BCUT2D eigenvalue weighted by molar-refractivity contribution is 0.576. The van der Waals surface area contributed by atoms with Crippen molar-refractivity contribution >= 4 is 38.6 Å². The highest BCUT2D eigenvalue weighted by molar-refractivity contribution is 9.11. The van der Waals surface area contributed by atoms with Crippen molar-refractivity contribution in [1.82, 2.24) is 0 Å². The van der Waals surface area contributed by atoms with Crippen molar-refractivity contribution < 1.29 is 0 Å². The molecule has 0 nitrogen and oxygen atoms in total. The Morgan fingerprint density at radius 2 is 1.38 bits per heavy atom. The highest BCUT2D eigenvalue weighted by Gasteiger charge is 2.05. The summed E-state index contributed by atoms with van der Waals surface area (Å²) >= 11 is 7.33. The van der Waals surface area contributed by atoms with Crippen molar-refractivity contribution in [2.75, 3.05) is 0 Å². The van der Waals surface area contributed by atoms with E-state index in [4.69, 9.17) is 0 Å². The van der Waals surface area contributed by atoms with E-state index in [2.05, 4.69) is 47.1 Å². The third-order valence-corrected chi connectivity index (χ3v) is 6.72. The highest BCUT2D eigenvalue weighted by atomic mass is 79.9. The molecule has 0 aliphatic carbocycles. The van der Waals surface area contributed by atoms with Gasteiger partial charge in [-0.3, -0.25) is 0 Å². The molecular weight excluding hydrogens is 360 g/mol. The number of hydrogen-bond acceptors (Lipinski definition) is 2. The van der Waals surface area contributed by atoms with Crippen molar-refractivity contribution in [3.05, 3.63) is 32.9 Å². The molecule has 0 aliphatic rings. The van der Waals surface area contributed by atoms with Gasteiger partial charge in [-0.1, -0.05) is 51.9 Å². The van der Waals surface area contributed by atoms with Crippen LogP contribution in [0.2, 0.25) is 0 Å². The summed E-state index contributed by atoms with van der Waals surface area (Å²) in [6, 6.07) is 8.94. The van der Waals surface area contributed by atoms with Gasteiger partial charge < -0.3 is 0 Å². The maximum absolute atomic E-state index is 3.54. The van der Waals surface area contributed by atoms with Crippen LogP contribution in [0, 0.1) is 0 Å². The number of unbranched alkanes of at least 4 members (excludes halogenated alkanes) is 7. The fraction of sp³-hybridized carbons (Fsp3) is 0.556. The molecule has 0 saturated carbocycles. The van der Waals surface area contributed by atoms with Crippen LogP contribution < -0.4 is 0 Å². The van der Waals surface area contributed by atoms with Crippen molar-refractivity contribution in [3.63, 3.8) is 0 Å². The van der Waals surface area contributed by atoms with Crippen LogP contribution in [-0.4, -0.2) is 0 Å². The minimum Gasteiger partial charge on any atom is -0.139 e. The molecule has 0 unspecified atom stereocenters. The smallest absolute Gasteiger partial charge is 0.0705 e. The van der Waals surface area contributed by atoms with Gasteiger partial charge in [-0.2, -0.15) is 0 Å². The van der Waals surface area contributed by atoms with Gasteiger partial charge in [0.1, 0.15) is 0 Å². The molecule has 2 heterocycles. The van der Waals surface area contributed by atoms with E-state index in [0.717, 1.165) is 0 Å². The molecule has 2 aromatic rings. The summed E-state index contributed by atoms with van der Waals surface area (Å²) < 4.78 is 1.22. The van der Waals surface area contributed by atoms with E-state index in [-0.39, 0.29) is 0 Å². The number of hydrogen-bond donors (Lipinski definition) is 0. The summed E-state index contributed by atoms with van der Waals surface area (Å²) in [4.78, 5) is 4.34. The number of rotatable bonds is 10. The van der Waals surface area contributed by atoms with Crippen molar-refractivity contribution in [2.45, 2.75) is 64.7 Å². The van der Waals surface area contributed by atoms with Gasteiger partial charge in [-0.25, -0.2) is 0 Å². The van der Waals surface area contributed by atoms with Crippen LogP contribution >= 0.6 is 38.6 Å². The molecule has 0 spiro atoms. The van der Waals surface area contributed by atoms with Crippen molar-refractivity contribution in [1.29, 1.82) is 0 Å². The molecule has 3 heteroatoms. The maximum Gasteiger partial charge on any atom is 0.0705 e. The second kappa shape index (κ2) is 9.81. The van der Waals surface area contributed by atoms with E-state index < -0.39 is 0 Å². The van der Waals surface area contributed by atoms with Crippen LogP contribution in [0.4, 0.5) is 0 Å². The Labute approximate surface area is 145 Å². The van der Waals surface area contributed by atoms with Crippen LogP contribution in [0.25, 0.3) is 9.75 Å². The molecule has 0 atom stereocenters. The molecule has 0 amide bonds. The molecule has 0 fully saturated rings. The molecule has 116 valence electrons. The van der Waals surface area contributed by atoms with Gasteiger partial charge >= 0.3 is 0 Å². The lowest BCUT2D eigenvalue weighted by Gasteiger charge is -2.00. The van der Waals surface area contributed by atoms with E-state index in [0.29, 0.717) is 0 Å². The quantitative estimate of drug-likeness (QED) is 0.364. The summed E-state index contributed by atoms with van der Waals surface area (Å²) in [6.45, 7) is 2.28. The monoisotopic (exact) mass is 384 g/mol. The molecule has 0 saturated heterocycles. The highest BCUT2D eigenvalue weighted by Crippen LogP contribution is 2.35. The van der Waals surface area contributed by atoms with Gasteiger partial charge in [0.25, 0.3) is 0 Å². The Bertz CT molecular complexity index is 513. The Hall–Kier alpha value is -0.120. The van der Waals surface area contributed by atoms with Gasteiger partial charge in [0.2, 0.25) is 0 Å². The maximum atomic E-state index is 3.54. The average Bonchev–Trinajstić information content (AvgIpc) is 3.10. The van der Waals surface area contributed by atoms with Gasteiger partial charge in [-0.15, -0.1) is 22.7 Å². The molecule has 0 aromatic carbocycles. The standard InChI is InChI=1S/C18H25BrS2/c1-2-3-4-5-6-7-8-9-10-15-11-12-16(20-15)17-13-14-18(19)21-17/h11-14H,2-10H2,1H3. The largest absolute Gasteiger partial charge is 0.139 e. The first-order valence-electron chi connectivity index (χ1n) is 8.14. The fourth-order valence-electron chi connectivity index (χ4n) is 2.52. The lowest BCUT2D eigenvalue weighted by Crippen LogP contribution is -1.83. The van der Waals surface area contributed by atoms with Crippen molar-refractivity contribution in [2.24, 2.45) is 0 Å². The fourth-order valence-corrected chi connectivity index (χ4v) is 5.05. The van der Waals surface area contributed by atoms with Crippen LogP contribution in [-0.2, 0) is 6.42 Å². The topological polar surface area (TPSA) is 0 Å². The van der Waals surface area contributed by atoms with Crippen LogP contribution in [0.1, 0.15) is 63.2 Å². The third kappa shape index (κ3) is 6.25. The van der Waals surface area contributed by atoms with Crippen LogP contribution in [0.15, 0.2) is 28.1 Å². The summed E-state index contributed by atoms with van der Waals surface area (Å²) in [5.41, 5.74) is 0. The zero-order chi connectivity index (χ0) is 14.9. The minimum atomic E-state index is 1.22. The van der Waals surface area contributed by atoms with Crippen molar-refractivity contribution in [3.8, 4) is 9.75 Å². The summed E-state index contributed by atoms with van der Waals surface area (Å²) in [6.07, 6.45) is 12.5. The second-order valence-electron chi connectivity index (χ2n) is 5.59. The van der Waals surface area contributed by atoms with E-state index in [9.17, 15) is 0 Å². The molecule has 0 radical (unpaired) electrons. The predicted octanol–water partition coefficient (Wildman–Crippen LogP) is 7.92. The SMILES string of the molecule is CCCCCCCCCCc1ccc(-c2ccc(Br)s2)s1. The number of aryl methyl sites for hydroxylation is 1. The third-order valence-electron chi connectivity index (χ3n) is 3.75. The lowest BCUT2D eigenvalue weighted by atomic mass is 10.1. The van der Waals surface area contributed by atoms with E-state index in [1.54, 1.807) is 4.88 Å². The Balaban J connectivity index is 1.62. The van der Waals surface area contributed by atoms with E-state index >= 15 is 0 Å². The first kappa shape index (κ1) is 17.2. The van der Waals surface area contributed by atoms with Gasteiger partial charge in [0.05, 0.1) is 3.79 Å². The molecule has 2 aromatic heterocycles. The van der Waals surface area contributed by atoms with Gasteiger partial charge in [0.15, 0.2) is 0 Å². The predicted molar refractivity (Wildman–Crippen MR) is 102 cm³/mol. The first-order valence-corrected chi connectivity index (χ1v) is 10.6. The molecular formula is C18H25BrS2. The summed E-state index contributed by atoms with van der Waals surface area (Å²) in [5, 5.41) is 0. The van der Waals surface area contributed by atoms with E-state index in [1.165, 1.54) is 71.3 Å². The zero-order valence-corrected chi connectivity index (χ0v) is 16.1. The number of halogens is 1. The minimum absolute atomic E-state index is 1.22. The van der Waals surface area contributed by atoms with Gasteiger partial charge in [-0.05, 0) is 53.0 Å². The van der Waals surface area contributed by atoms with E-state index in [1.807, 2.05) is 22.7 Å². The molecule has 21 heavy (non-hydrogen) atoms. The molecule has 0 N–H and O–H groups in total. The van der Waals surface area contributed by atoms with Crippen LogP contribution in [0.3, 0.4) is 0 Å². The Kier molecular flexibility index (Phi) is 8.05.